The number of carbonyl (C=O) groups excluding carboxylic acids is 1. The minimum atomic E-state index is -4.77. The molecule has 4 rings (SSSR count). The van der Waals surface area contributed by atoms with Gasteiger partial charge in [-0.3, -0.25) is 4.79 Å². The topological polar surface area (TPSA) is 43.8 Å². The zero-order valence-electron chi connectivity index (χ0n) is 16.8. The van der Waals surface area contributed by atoms with Crippen LogP contribution in [0.4, 0.5) is 13.2 Å². The van der Waals surface area contributed by atoms with Crippen molar-refractivity contribution >= 4 is 5.91 Å². The lowest BCUT2D eigenvalue weighted by Crippen LogP contribution is -2.48. The van der Waals surface area contributed by atoms with Crippen LogP contribution in [0.5, 0.6) is 0 Å². The van der Waals surface area contributed by atoms with Crippen molar-refractivity contribution < 1.29 is 23.1 Å². The van der Waals surface area contributed by atoms with Crippen molar-refractivity contribution in [1.29, 1.82) is 0 Å². The highest BCUT2D eigenvalue weighted by Gasteiger charge is 2.51. The molecule has 0 spiro atoms. The summed E-state index contributed by atoms with van der Waals surface area (Å²) in [5, 5.41) is 9.83. The quantitative estimate of drug-likeness (QED) is 0.773. The van der Waals surface area contributed by atoms with Crippen LogP contribution in [0.25, 0.3) is 0 Å². The Balaban J connectivity index is 1.44. The number of nitrogens with zero attached hydrogens (tertiary/aromatic N) is 2. The summed E-state index contributed by atoms with van der Waals surface area (Å²) in [5.41, 5.74) is -2.80. The number of piperidine rings is 1. The Morgan fingerprint density at radius 2 is 1.59 bits per heavy atom. The van der Waals surface area contributed by atoms with Gasteiger partial charge in [0.25, 0.3) is 5.91 Å². The fraction of sp³-hybridized carbons (Fsp3) is 0.682. The predicted molar refractivity (Wildman–Crippen MR) is 103 cm³/mol. The van der Waals surface area contributed by atoms with E-state index in [1.54, 1.807) is 0 Å². The van der Waals surface area contributed by atoms with E-state index in [9.17, 15) is 23.1 Å². The Bertz CT molecular complexity index is 731. The molecule has 3 aliphatic rings. The summed E-state index contributed by atoms with van der Waals surface area (Å²) < 4.78 is 39.1. The lowest BCUT2D eigenvalue weighted by molar-refractivity contribution is -0.258. The molecule has 1 aliphatic heterocycles. The van der Waals surface area contributed by atoms with E-state index in [4.69, 9.17) is 0 Å². The Kier molecular flexibility index (Phi) is 5.40. The van der Waals surface area contributed by atoms with Gasteiger partial charge < -0.3 is 14.9 Å². The van der Waals surface area contributed by atoms with Crippen molar-refractivity contribution in [2.45, 2.75) is 69.3 Å². The molecule has 1 amide bonds. The first-order valence-electron chi connectivity index (χ1n) is 10.6. The smallest absolute Gasteiger partial charge is 0.376 e. The average Bonchev–Trinajstić information content (AvgIpc) is 3.58. The Labute approximate surface area is 169 Å². The Hall–Kier alpha value is -1.60. The highest BCUT2D eigenvalue weighted by Crippen LogP contribution is 2.39. The van der Waals surface area contributed by atoms with Crippen molar-refractivity contribution in [3.8, 4) is 0 Å². The molecule has 7 heteroatoms. The van der Waals surface area contributed by atoms with Crippen molar-refractivity contribution in [3.63, 3.8) is 0 Å². The molecule has 1 aromatic carbocycles. The fourth-order valence-electron chi connectivity index (χ4n) is 4.28. The van der Waals surface area contributed by atoms with Crippen LogP contribution in [-0.4, -0.2) is 58.7 Å². The number of amides is 1. The van der Waals surface area contributed by atoms with Crippen LogP contribution in [0.3, 0.4) is 0 Å². The summed E-state index contributed by atoms with van der Waals surface area (Å²) >= 11 is 0. The van der Waals surface area contributed by atoms with Gasteiger partial charge in [-0.1, -0.05) is 12.1 Å². The van der Waals surface area contributed by atoms with Crippen LogP contribution in [0.2, 0.25) is 0 Å². The molecule has 0 bridgehead atoms. The van der Waals surface area contributed by atoms with Crippen molar-refractivity contribution in [2.24, 2.45) is 5.92 Å². The van der Waals surface area contributed by atoms with Crippen LogP contribution in [-0.2, 0) is 5.60 Å². The summed E-state index contributed by atoms with van der Waals surface area (Å²) in [4.78, 5) is 17.7. The summed E-state index contributed by atoms with van der Waals surface area (Å²) in [5.74, 6) is 0.756. The third-order valence-corrected chi connectivity index (χ3v) is 6.58. The summed E-state index contributed by atoms with van der Waals surface area (Å²) in [6.45, 7) is 3.91. The number of hydrogen-bond donors (Lipinski definition) is 1. The van der Waals surface area contributed by atoms with Gasteiger partial charge in [0.1, 0.15) is 0 Å². The van der Waals surface area contributed by atoms with E-state index in [1.807, 2.05) is 4.90 Å². The molecule has 2 aliphatic carbocycles. The number of aliphatic hydroxyl groups is 1. The van der Waals surface area contributed by atoms with E-state index >= 15 is 0 Å². The summed E-state index contributed by atoms with van der Waals surface area (Å²) in [7, 11) is 0. The van der Waals surface area contributed by atoms with Gasteiger partial charge in [0.05, 0.1) is 0 Å². The minimum absolute atomic E-state index is 0.105. The maximum absolute atomic E-state index is 13.2. The van der Waals surface area contributed by atoms with Crippen LogP contribution >= 0.6 is 0 Å². The number of halogens is 3. The van der Waals surface area contributed by atoms with Gasteiger partial charge in [-0.25, -0.2) is 0 Å². The van der Waals surface area contributed by atoms with E-state index in [2.05, 4.69) is 4.90 Å². The van der Waals surface area contributed by atoms with E-state index in [1.165, 1.54) is 43.7 Å². The molecular formula is C22H29F3N2O2. The summed E-state index contributed by atoms with van der Waals surface area (Å²) in [6, 6.07) is 5.70. The molecular weight excluding hydrogens is 381 g/mol. The fourth-order valence-corrected chi connectivity index (χ4v) is 4.28. The Morgan fingerprint density at radius 3 is 2.07 bits per heavy atom. The van der Waals surface area contributed by atoms with E-state index in [0.29, 0.717) is 5.56 Å². The number of rotatable bonds is 6. The monoisotopic (exact) mass is 410 g/mol. The standard InChI is InChI=1S/C22H29F3N2O2/c1-21(29,22(23,24)25)17-6-4-16(5-7-17)20(28)27(18-8-9-18)19-10-12-26(13-11-19)14-15-2-3-15/h4-7,15,18-19,29H,2-3,8-14H2,1H3. The second kappa shape index (κ2) is 7.58. The zero-order chi connectivity index (χ0) is 20.8. The predicted octanol–water partition coefficient (Wildman–Crippen LogP) is 3.94. The molecule has 0 aromatic heterocycles. The highest BCUT2D eigenvalue weighted by molar-refractivity contribution is 5.95. The van der Waals surface area contributed by atoms with Crippen LogP contribution < -0.4 is 0 Å². The molecule has 1 N–H and O–H groups in total. The largest absolute Gasteiger partial charge is 0.421 e. The van der Waals surface area contributed by atoms with Gasteiger partial charge in [-0.15, -0.1) is 0 Å². The molecule has 1 aromatic rings. The van der Waals surface area contributed by atoms with Gasteiger partial charge in [0.15, 0.2) is 5.60 Å². The molecule has 4 nitrogen and oxygen atoms in total. The first kappa shape index (κ1) is 20.7. The molecule has 2 saturated carbocycles. The normalized spacial score (nSPS) is 23.6. The molecule has 1 atom stereocenters. The second-order valence-electron chi connectivity index (χ2n) is 9.07. The Morgan fingerprint density at radius 1 is 1.03 bits per heavy atom. The number of likely N-dealkylation sites (tertiary alicyclic amines) is 1. The van der Waals surface area contributed by atoms with Gasteiger partial charge >= 0.3 is 6.18 Å². The van der Waals surface area contributed by atoms with Gasteiger partial charge in [-0.05, 0) is 69.1 Å². The lowest BCUT2D eigenvalue weighted by atomic mass is 9.94. The molecule has 1 saturated heterocycles. The zero-order valence-corrected chi connectivity index (χ0v) is 16.8. The molecule has 3 fully saturated rings. The van der Waals surface area contributed by atoms with Crippen LogP contribution in [0.15, 0.2) is 24.3 Å². The van der Waals surface area contributed by atoms with E-state index < -0.39 is 11.8 Å². The van der Waals surface area contributed by atoms with Gasteiger partial charge in [0, 0.05) is 37.3 Å². The van der Waals surface area contributed by atoms with Gasteiger partial charge in [0.2, 0.25) is 0 Å². The van der Waals surface area contributed by atoms with Gasteiger partial charge in [-0.2, -0.15) is 13.2 Å². The number of benzene rings is 1. The third kappa shape index (κ3) is 4.45. The highest BCUT2D eigenvalue weighted by atomic mass is 19.4. The molecule has 160 valence electrons. The lowest BCUT2D eigenvalue weighted by Gasteiger charge is -2.39. The molecule has 1 unspecified atom stereocenters. The van der Waals surface area contributed by atoms with Crippen molar-refractivity contribution in [2.75, 3.05) is 19.6 Å². The number of alkyl halides is 3. The first-order chi connectivity index (χ1) is 13.7. The second-order valence-corrected chi connectivity index (χ2v) is 9.07. The van der Waals surface area contributed by atoms with Crippen molar-refractivity contribution in [3.05, 3.63) is 35.4 Å². The maximum Gasteiger partial charge on any atom is 0.421 e. The van der Waals surface area contributed by atoms with Crippen LogP contribution in [0.1, 0.15) is 61.4 Å². The maximum atomic E-state index is 13.2. The molecule has 1 heterocycles. The van der Waals surface area contributed by atoms with Crippen molar-refractivity contribution in [1.82, 2.24) is 9.80 Å². The first-order valence-corrected chi connectivity index (χ1v) is 10.6. The third-order valence-electron chi connectivity index (χ3n) is 6.58. The van der Waals surface area contributed by atoms with Crippen LogP contribution in [0, 0.1) is 5.92 Å². The minimum Gasteiger partial charge on any atom is -0.376 e. The van der Waals surface area contributed by atoms with E-state index in [0.717, 1.165) is 51.6 Å². The summed E-state index contributed by atoms with van der Waals surface area (Å²) in [6.07, 6.45) is 1.80. The molecule has 0 radical (unpaired) electrons. The molecule has 29 heavy (non-hydrogen) atoms. The SMILES string of the molecule is CC(O)(c1ccc(C(=O)N(C2CC2)C2CCN(CC3CC3)CC2)cc1)C(F)(F)F. The average molecular weight is 410 g/mol. The van der Waals surface area contributed by atoms with E-state index in [-0.39, 0.29) is 23.6 Å². The number of carbonyl (C=O) groups is 1. The number of hydrogen-bond acceptors (Lipinski definition) is 3.